The molecule has 156 valence electrons. The van der Waals surface area contributed by atoms with E-state index in [-0.39, 0.29) is 18.7 Å². The highest BCUT2D eigenvalue weighted by molar-refractivity contribution is 5.80. The lowest BCUT2D eigenvalue weighted by Crippen LogP contribution is -2.35. The summed E-state index contributed by atoms with van der Waals surface area (Å²) in [5.74, 6) is -4.12. The largest absolute Gasteiger partial charge is 0.466 e. The number of halogens is 3. The second-order valence-electron chi connectivity index (χ2n) is 6.61. The highest BCUT2D eigenvalue weighted by atomic mass is 19.2. The Labute approximate surface area is 167 Å². The van der Waals surface area contributed by atoms with Crippen LogP contribution in [0.15, 0.2) is 24.3 Å². The predicted octanol–water partition coefficient (Wildman–Crippen LogP) is 3.46. The number of ether oxygens (including phenoxy) is 1. The fraction of sp³-hybridized carbons (Fsp3) is 0.333. The smallest absolute Gasteiger partial charge is 0.308 e. The third kappa shape index (κ3) is 5.35. The van der Waals surface area contributed by atoms with Crippen molar-refractivity contribution in [3.63, 3.8) is 0 Å². The normalized spacial score (nSPS) is 11.8. The van der Waals surface area contributed by atoms with Crippen LogP contribution >= 0.6 is 0 Å². The van der Waals surface area contributed by atoms with Crippen molar-refractivity contribution in [3.8, 4) is 11.1 Å². The van der Waals surface area contributed by atoms with Crippen molar-refractivity contribution in [2.24, 2.45) is 5.73 Å². The Hall–Kier alpha value is -2.87. The van der Waals surface area contributed by atoms with E-state index in [0.717, 1.165) is 6.07 Å². The number of hydrogen-bond acceptors (Lipinski definition) is 4. The molecule has 2 aromatic rings. The van der Waals surface area contributed by atoms with Gasteiger partial charge in [-0.15, -0.1) is 0 Å². The summed E-state index contributed by atoms with van der Waals surface area (Å²) in [4.78, 5) is 23.7. The van der Waals surface area contributed by atoms with E-state index >= 15 is 0 Å². The van der Waals surface area contributed by atoms with Crippen molar-refractivity contribution in [1.82, 2.24) is 5.32 Å². The van der Waals surface area contributed by atoms with Crippen LogP contribution in [-0.4, -0.2) is 25.0 Å². The molecule has 2 rings (SSSR count). The van der Waals surface area contributed by atoms with Crippen LogP contribution in [0.3, 0.4) is 0 Å². The van der Waals surface area contributed by atoms with E-state index in [4.69, 9.17) is 10.5 Å². The summed E-state index contributed by atoms with van der Waals surface area (Å²) < 4.78 is 47.6. The van der Waals surface area contributed by atoms with Gasteiger partial charge in [0.15, 0.2) is 11.6 Å². The Kier molecular flexibility index (Phi) is 7.39. The number of carbonyl (C=O) groups excluding carboxylic acids is 2. The van der Waals surface area contributed by atoms with Crippen LogP contribution in [0, 0.1) is 31.3 Å². The Morgan fingerprint density at radius 3 is 2.28 bits per heavy atom. The number of amides is 1. The maximum absolute atomic E-state index is 14.6. The molecule has 0 heterocycles. The van der Waals surface area contributed by atoms with Gasteiger partial charge in [-0.2, -0.15) is 0 Å². The van der Waals surface area contributed by atoms with Crippen molar-refractivity contribution < 1.29 is 27.5 Å². The summed E-state index contributed by atoms with van der Waals surface area (Å²) in [6.45, 7) is 4.62. The molecule has 29 heavy (non-hydrogen) atoms. The van der Waals surface area contributed by atoms with Gasteiger partial charge in [0.25, 0.3) is 0 Å². The fourth-order valence-electron chi connectivity index (χ4n) is 3.25. The number of benzene rings is 2. The van der Waals surface area contributed by atoms with Crippen molar-refractivity contribution in [2.45, 2.75) is 33.2 Å². The average Bonchev–Trinajstić information content (AvgIpc) is 2.63. The van der Waals surface area contributed by atoms with Crippen LogP contribution in [0.1, 0.15) is 36.1 Å². The zero-order chi connectivity index (χ0) is 21.7. The molecule has 2 aromatic carbocycles. The second-order valence-corrected chi connectivity index (χ2v) is 6.61. The predicted molar refractivity (Wildman–Crippen MR) is 102 cm³/mol. The summed E-state index contributed by atoms with van der Waals surface area (Å²) >= 11 is 0. The highest BCUT2D eigenvalue weighted by Crippen LogP contribution is 2.33. The van der Waals surface area contributed by atoms with Gasteiger partial charge in [-0.3, -0.25) is 9.59 Å². The van der Waals surface area contributed by atoms with E-state index < -0.39 is 41.8 Å². The van der Waals surface area contributed by atoms with Crippen LogP contribution in [-0.2, 0) is 14.3 Å². The molecule has 0 saturated heterocycles. The van der Waals surface area contributed by atoms with Crippen molar-refractivity contribution >= 4 is 11.9 Å². The molecule has 0 bridgehead atoms. The maximum atomic E-state index is 14.6. The number of carbonyl (C=O) groups is 2. The zero-order valence-corrected chi connectivity index (χ0v) is 16.4. The van der Waals surface area contributed by atoms with Gasteiger partial charge in [0.2, 0.25) is 5.91 Å². The zero-order valence-electron chi connectivity index (χ0n) is 16.4. The molecule has 0 aliphatic heterocycles. The molecule has 8 heteroatoms. The van der Waals surface area contributed by atoms with Gasteiger partial charge in [-0.05, 0) is 67.3 Å². The lowest BCUT2D eigenvalue weighted by Gasteiger charge is -2.21. The van der Waals surface area contributed by atoms with E-state index in [1.807, 2.05) is 0 Å². The van der Waals surface area contributed by atoms with Gasteiger partial charge >= 0.3 is 5.97 Å². The third-order valence-electron chi connectivity index (χ3n) is 4.41. The monoisotopic (exact) mass is 408 g/mol. The van der Waals surface area contributed by atoms with Gasteiger partial charge in [0.1, 0.15) is 5.82 Å². The van der Waals surface area contributed by atoms with E-state index in [1.54, 1.807) is 20.8 Å². The molecule has 0 radical (unpaired) electrons. The number of esters is 1. The number of aryl methyl sites for hydroxylation is 2. The fourth-order valence-corrected chi connectivity index (χ4v) is 3.25. The Balaban J connectivity index is 2.60. The van der Waals surface area contributed by atoms with Gasteiger partial charge in [-0.25, -0.2) is 13.2 Å². The summed E-state index contributed by atoms with van der Waals surface area (Å²) in [5.41, 5.74) is 6.97. The van der Waals surface area contributed by atoms with Gasteiger partial charge in [-0.1, -0.05) is 0 Å². The average molecular weight is 408 g/mol. The lowest BCUT2D eigenvalue weighted by molar-refractivity contribution is -0.143. The second kappa shape index (κ2) is 9.56. The third-order valence-corrected chi connectivity index (χ3v) is 4.41. The number of rotatable bonds is 7. The van der Waals surface area contributed by atoms with Crippen LogP contribution in [0.5, 0.6) is 0 Å². The minimum Gasteiger partial charge on any atom is -0.466 e. The Morgan fingerprint density at radius 2 is 1.72 bits per heavy atom. The summed E-state index contributed by atoms with van der Waals surface area (Å²) in [6.07, 6.45) is -0.402. The molecular formula is C21H23F3N2O3. The first-order chi connectivity index (χ1) is 13.7. The van der Waals surface area contributed by atoms with E-state index in [0.29, 0.717) is 22.3 Å². The molecule has 0 aliphatic rings. The summed E-state index contributed by atoms with van der Waals surface area (Å²) in [5, 5.41) is 2.43. The quantitative estimate of drug-likeness (QED) is 0.688. The van der Waals surface area contributed by atoms with Crippen LogP contribution in [0.4, 0.5) is 13.2 Å². The SMILES string of the molecule is CCOC(=O)CC(NC(=O)CN)c1cc(-c2c(C)cc(F)cc2C)cc(F)c1F. The summed E-state index contributed by atoms with van der Waals surface area (Å²) in [7, 11) is 0. The molecule has 1 atom stereocenters. The lowest BCUT2D eigenvalue weighted by atomic mass is 9.92. The van der Waals surface area contributed by atoms with E-state index in [2.05, 4.69) is 5.32 Å². The molecule has 1 unspecified atom stereocenters. The number of nitrogens with one attached hydrogen (secondary N) is 1. The van der Waals surface area contributed by atoms with Crippen molar-refractivity contribution in [2.75, 3.05) is 13.2 Å². The van der Waals surface area contributed by atoms with Crippen LogP contribution in [0.25, 0.3) is 11.1 Å². The number of nitrogens with two attached hydrogens (primary N) is 1. The van der Waals surface area contributed by atoms with E-state index in [9.17, 15) is 22.8 Å². The topological polar surface area (TPSA) is 81.4 Å². The van der Waals surface area contributed by atoms with Crippen LogP contribution in [0.2, 0.25) is 0 Å². The molecule has 0 spiro atoms. The van der Waals surface area contributed by atoms with Gasteiger partial charge < -0.3 is 15.8 Å². The molecule has 5 nitrogen and oxygen atoms in total. The van der Waals surface area contributed by atoms with E-state index in [1.165, 1.54) is 18.2 Å². The van der Waals surface area contributed by atoms with Gasteiger partial charge in [0, 0.05) is 5.56 Å². The number of hydrogen-bond donors (Lipinski definition) is 2. The first-order valence-electron chi connectivity index (χ1n) is 9.09. The van der Waals surface area contributed by atoms with Crippen molar-refractivity contribution in [1.29, 1.82) is 0 Å². The minimum absolute atomic E-state index is 0.0985. The minimum atomic E-state index is -1.20. The van der Waals surface area contributed by atoms with Gasteiger partial charge in [0.05, 0.1) is 25.6 Å². The molecule has 3 N–H and O–H groups in total. The molecular weight excluding hydrogens is 385 g/mol. The first kappa shape index (κ1) is 22.4. The molecule has 0 aliphatic carbocycles. The molecule has 0 aromatic heterocycles. The maximum Gasteiger partial charge on any atom is 0.308 e. The first-order valence-corrected chi connectivity index (χ1v) is 9.09. The highest BCUT2D eigenvalue weighted by Gasteiger charge is 2.25. The molecule has 0 saturated carbocycles. The molecule has 1 amide bonds. The standard InChI is InChI=1S/C21H23F3N2O3/c1-4-29-19(28)9-17(26-18(27)10-25)15-7-13(8-16(23)21(15)24)20-11(2)5-14(22)6-12(20)3/h5-8,17H,4,9-10,25H2,1-3H3,(H,26,27). The van der Waals surface area contributed by atoms with Crippen LogP contribution < -0.4 is 11.1 Å². The Bertz CT molecular complexity index is 909. The summed E-state index contributed by atoms with van der Waals surface area (Å²) in [6, 6.07) is 3.73. The molecule has 0 fully saturated rings. The Morgan fingerprint density at radius 1 is 1.10 bits per heavy atom. The van der Waals surface area contributed by atoms with Crippen molar-refractivity contribution in [3.05, 3.63) is 58.4 Å².